The maximum absolute atomic E-state index is 12.3. The van der Waals surface area contributed by atoms with E-state index < -0.39 is 0 Å². The molecule has 0 aromatic carbocycles. The number of carbonyl (C=O) groups is 1. The summed E-state index contributed by atoms with van der Waals surface area (Å²) in [6.45, 7) is 7.57. The predicted molar refractivity (Wildman–Crippen MR) is 72.0 cm³/mol. The third kappa shape index (κ3) is 2.90. The molecule has 0 spiro atoms. The molecule has 0 atom stereocenters. The normalized spacial score (nSPS) is 18.1. The fourth-order valence-corrected chi connectivity index (χ4v) is 2.89. The van der Waals surface area contributed by atoms with Gasteiger partial charge in [0, 0.05) is 18.5 Å². The van der Waals surface area contributed by atoms with Crippen LogP contribution in [-0.2, 0) is 5.41 Å². The topological polar surface area (TPSA) is 53.4 Å². The number of hydrogen-bond donors (Lipinski definition) is 1. The van der Waals surface area contributed by atoms with Crippen molar-refractivity contribution in [3.05, 3.63) is 16.1 Å². The fraction of sp³-hybridized carbons (Fsp3) is 0.692. The molecular weight excluding hydrogens is 248 g/mol. The number of aliphatic hydroxyl groups is 1. The highest BCUT2D eigenvalue weighted by atomic mass is 32.1. The molecule has 1 N–H and O–H groups in total. The zero-order valence-corrected chi connectivity index (χ0v) is 12.0. The molecule has 1 amide bonds. The summed E-state index contributed by atoms with van der Waals surface area (Å²) in [4.78, 5) is 19.1. The van der Waals surface area contributed by atoms with Crippen molar-refractivity contribution < 1.29 is 9.90 Å². The minimum atomic E-state index is -0.249. The number of thiazole rings is 1. The maximum Gasteiger partial charge on any atom is 0.265 e. The summed E-state index contributed by atoms with van der Waals surface area (Å²) in [5.41, 5.74) is -0.0126. The molecule has 0 aliphatic carbocycles. The number of nitrogens with zero attached hydrogens (tertiary/aromatic N) is 2. The van der Waals surface area contributed by atoms with Crippen molar-refractivity contribution in [3.63, 3.8) is 0 Å². The second-order valence-corrected chi connectivity index (χ2v) is 6.83. The van der Waals surface area contributed by atoms with Crippen molar-refractivity contribution in [2.75, 3.05) is 13.1 Å². The molecule has 2 rings (SSSR count). The van der Waals surface area contributed by atoms with E-state index in [0.29, 0.717) is 30.8 Å². The summed E-state index contributed by atoms with van der Waals surface area (Å²) in [6.07, 6.45) is 2.78. The van der Waals surface area contributed by atoms with Gasteiger partial charge in [0.05, 0.1) is 17.3 Å². The van der Waals surface area contributed by atoms with Crippen molar-refractivity contribution in [1.82, 2.24) is 9.88 Å². The molecule has 0 unspecified atom stereocenters. The summed E-state index contributed by atoms with van der Waals surface area (Å²) < 4.78 is 0. The molecule has 5 heteroatoms. The number of hydrogen-bond acceptors (Lipinski definition) is 4. The zero-order chi connectivity index (χ0) is 13.3. The van der Waals surface area contributed by atoms with Crippen LogP contribution in [0.1, 0.15) is 48.3 Å². The Morgan fingerprint density at radius 2 is 2.06 bits per heavy atom. The monoisotopic (exact) mass is 268 g/mol. The Kier molecular flexibility index (Phi) is 3.73. The molecular formula is C13H20N2O2S. The van der Waals surface area contributed by atoms with Gasteiger partial charge in [-0.1, -0.05) is 20.8 Å². The molecule has 1 aliphatic rings. The van der Waals surface area contributed by atoms with Gasteiger partial charge < -0.3 is 10.0 Å². The molecule has 100 valence electrons. The Morgan fingerprint density at radius 1 is 1.44 bits per heavy atom. The number of amides is 1. The van der Waals surface area contributed by atoms with Crippen LogP contribution in [0.25, 0.3) is 0 Å². The van der Waals surface area contributed by atoms with Gasteiger partial charge in [0.1, 0.15) is 4.88 Å². The van der Waals surface area contributed by atoms with Crippen LogP contribution < -0.4 is 0 Å². The molecule has 2 heterocycles. The van der Waals surface area contributed by atoms with Crippen molar-refractivity contribution in [2.24, 2.45) is 0 Å². The molecule has 0 radical (unpaired) electrons. The lowest BCUT2D eigenvalue weighted by atomic mass is 9.98. The van der Waals surface area contributed by atoms with Crippen molar-refractivity contribution in [1.29, 1.82) is 0 Å². The van der Waals surface area contributed by atoms with Crippen molar-refractivity contribution in [2.45, 2.75) is 45.1 Å². The van der Waals surface area contributed by atoms with E-state index in [0.717, 1.165) is 5.01 Å². The first kappa shape index (κ1) is 13.5. The van der Waals surface area contributed by atoms with Gasteiger partial charge in [0.15, 0.2) is 0 Å². The summed E-state index contributed by atoms with van der Waals surface area (Å²) in [7, 11) is 0. The van der Waals surface area contributed by atoms with Gasteiger partial charge in [-0.15, -0.1) is 11.3 Å². The van der Waals surface area contributed by atoms with E-state index in [2.05, 4.69) is 25.8 Å². The van der Waals surface area contributed by atoms with Gasteiger partial charge in [-0.2, -0.15) is 0 Å². The smallest absolute Gasteiger partial charge is 0.265 e. The third-order valence-corrected chi connectivity index (χ3v) is 4.52. The molecule has 1 aromatic heterocycles. The zero-order valence-electron chi connectivity index (χ0n) is 11.1. The molecule has 18 heavy (non-hydrogen) atoms. The highest BCUT2D eigenvalue weighted by Crippen LogP contribution is 2.27. The number of likely N-dealkylation sites (tertiary alicyclic amines) is 1. The van der Waals surface area contributed by atoms with Gasteiger partial charge in [0.2, 0.25) is 0 Å². The second-order valence-electron chi connectivity index (χ2n) is 5.80. The Hall–Kier alpha value is -0.940. The summed E-state index contributed by atoms with van der Waals surface area (Å²) >= 11 is 1.48. The second kappa shape index (κ2) is 4.97. The lowest BCUT2D eigenvalue weighted by Gasteiger charge is -2.29. The van der Waals surface area contributed by atoms with Crippen molar-refractivity contribution in [3.8, 4) is 0 Å². The van der Waals surface area contributed by atoms with Crippen LogP contribution in [0.2, 0.25) is 0 Å². The molecule has 1 saturated heterocycles. The number of carbonyl (C=O) groups excluding carboxylic acids is 1. The third-order valence-electron chi connectivity index (χ3n) is 3.11. The summed E-state index contributed by atoms with van der Waals surface area (Å²) in [5, 5.41) is 10.4. The van der Waals surface area contributed by atoms with Gasteiger partial charge >= 0.3 is 0 Å². The predicted octanol–water partition coefficient (Wildman–Crippen LogP) is 2.04. The Bertz CT molecular complexity index is 428. The fourth-order valence-electron chi connectivity index (χ4n) is 1.94. The van der Waals surface area contributed by atoms with E-state index in [1.54, 1.807) is 6.20 Å². The van der Waals surface area contributed by atoms with E-state index in [4.69, 9.17) is 0 Å². The van der Waals surface area contributed by atoms with E-state index >= 15 is 0 Å². The Morgan fingerprint density at radius 3 is 2.56 bits per heavy atom. The van der Waals surface area contributed by atoms with Crippen LogP contribution in [0.15, 0.2) is 6.20 Å². The maximum atomic E-state index is 12.3. The molecule has 0 bridgehead atoms. The van der Waals surface area contributed by atoms with Gasteiger partial charge in [-0.05, 0) is 12.8 Å². The molecule has 1 aliphatic heterocycles. The van der Waals surface area contributed by atoms with Gasteiger partial charge in [-0.25, -0.2) is 4.98 Å². The van der Waals surface area contributed by atoms with Crippen LogP contribution >= 0.6 is 11.3 Å². The van der Waals surface area contributed by atoms with Crippen LogP contribution in [-0.4, -0.2) is 40.1 Å². The first-order valence-corrected chi connectivity index (χ1v) is 7.13. The van der Waals surface area contributed by atoms with E-state index in [1.807, 2.05) is 4.90 Å². The van der Waals surface area contributed by atoms with Crippen LogP contribution in [0.3, 0.4) is 0 Å². The SMILES string of the molecule is CC(C)(C)c1ncc(C(=O)N2CCC(O)CC2)s1. The average molecular weight is 268 g/mol. The van der Waals surface area contributed by atoms with Crippen LogP contribution in [0, 0.1) is 0 Å². The average Bonchev–Trinajstić information content (AvgIpc) is 2.78. The lowest BCUT2D eigenvalue weighted by Crippen LogP contribution is -2.39. The quantitative estimate of drug-likeness (QED) is 0.848. The highest BCUT2D eigenvalue weighted by Gasteiger charge is 2.25. The number of aliphatic hydroxyl groups excluding tert-OH is 1. The minimum Gasteiger partial charge on any atom is -0.393 e. The van der Waals surface area contributed by atoms with E-state index in [1.165, 1.54) is 11.3 Å². The minimum absolute atomic E-state index is 0.0126. The number of piperidine rings is 1. The molecule has 1 aromatic rings. The standard InChI is InChI=1S/C13H20N2O2S/c1-13(2,3)12-14-8-10(18-12)11(17)15-6-4-9(16)5-7-15/h8-9,16H,4-7H2,1-3H3. The van der Waals surface area contributed by atoms with Gasteiger partial charge in [-0.3, -0.25) is 4.79 Å². The van der Waals surface area contributed by atoms with Crippen molar-refractivity contribution >= 4 is 17.2 Å². The molecule has 4 nitrogen and oxygen atoms in total. The number of rotatable bonds is 1. The number of aromatic nitrogens is 1. The van der Waals surface area contributed by atoms with Gasteiger partial charge in [0.25, 0.3) is 5.91 Å². The first-order valence-electron chi connectivity index (χ1n) is 6.31. The van der Waals surface area contributed by atoms with Crippen LogP contribution in [0.4, 0.5) is 0 Å². The Labute approximate surface area is 112 Å². The largest absolute Gasteiger partial charge is 0.393 e. The summed E-state index contributed by atoms with van der Waals surface area (Å²) in [5.74, 6) is 0.0508. The Balaban J connectivity index is 2.07. The lowest BCUT2D eigenvalue weighted by molar-refractivity contribution is 0.0550. The molecule has 1 fully saturated rings. The van der Waals surface area contributed by atoms with E-state index in [9.17, 15) is 9.90 Å². The first-order chi connectivity index (χ1) is 8.38. The molecule has 0 saturated carbocycles. The van der Waals surface area contributed by atoms with E-state index in [-0.39, 0.29) is 17.4 Å². The highest BCUT2D eigenvalue weighted by molar-refractivity contribution is 7.13. The van der Waals surface area contributed by atoms with Crippen LogP contribution in [0.5, 0.6) is 0 Å². The summed E-state index contributed by atoms with van der Waals surface area (Å²) in [6, 6.07) is 0.